The number of carbonyl (C=O) groups is 1. The van der Waals surface area contributed by atoms with Crippen LogP contribution >= 0.6 is 0 Å². The Morgan fingerprint density at radius 1 is 1.48 bits per heavy atom. The third kappa shape index (κ3) is 5.05. The molecule has 0 saturated heterocycles. The van der Waals surface area contributed by atoms with E-state index in [9.17, 15) is 4.79 Å². The topological polar surface area (TPSA) is 64.3 Å². The number of nitrogens with one attached hydrogen (secondary N) is 1. The van der Waals surface area contributed by atoms with Gasteiger partial charge in [-0.2, -0.15) is 0 Å². The number of nitrogens with two attached hydrogens (primary N) is 1. The van der Waals surface area contributed by atoms with Gasteiger partial charge in [-0.15, -0.1) is 0 Å². The van der Waals surface area contributed by atoms with E-state index in [2.05, 4.69) is 5.32 Å². The van der Waals surface area contributed by atoms with E-state index in [4.69, 9.17) is 10.5 Å². The summed E-state index contributed by atoms with van der Waals surface area (Å²) in [6.07, 6.45) is 3.84. The van der Waals surface area contributed by atoms with E-state index in [-0.39, 0.29) is 23.9 Å². The number of carbonyl (C=O) groups excluding carboxylic acids is 1. The molecular weight excluding hydrogens is 264 g/mol. The molecule has 2 rings (SSSR count). The molecule has 4 nitrogen and oxygen atoms in total. The van der Waals surface area contributed by atoms with Gasteiger partial charge in [0.2, 0.25) is 5.91 Å². The molecule has 0 spiro atoms. The zero-order valence-electron chi connectivity index (χ0n) is 13.0. The Hall–Kier alpha value is -1.55. The summed E-state index contributed by atoms with van der Waals surface area (Å²) in [5, 5.41) is 3.04. The third-order valence-corrected chi connectivity index (χ3v) is 3.96. The van der Waals surface area contributed by atoms with Gasteiger partial charge in [0.1, 0.15) is 12.4 Å². The summed E-state index contributed by atoms with van der Waals surface area (Å²) in [4.78, 5) is 12.2. The predicted octanol–water partition coefficient (Wildman–Crippen LogP) is 2.40. The molecule has 1 fully saturated rings. The van der Waals surface area contributed by atoms with Crippen LogP contribution in [0.25, 0.3) is 0 Å². The molecule has 1 aromatic rings. The van der Waals surface area contributed by atoms with Crippen LogP contribution in [0.4, 0.5) is 0 Å². The lowest BCUT2D eigenvalue weighted by molar-refractivity contribution is -0.126. The molecule has 1 aliphatic carbocycles. The second-order valence-electron chi connectivity index (χ2n) is 6.16. The predicted molar refractivity (Wildman–Crippen MR) is 84.2 cm³/mol. The van der Waals surface area contributed by atoms with Crippen molar-refractivity contribution >= 4 is 5.91 Å². The van der Waals surface area contributed by atoms with E-state index in [0.29, 0.717) is 6.61 Å². The first kappa shape index (κ1) is 15.8. The van der Waals surface area contributed by atoms with Gasteiger partial charge in [-0.3, -0.25) is 4.79 Å². The fourth-order valence-electron chi connectivity index (χ4n) is 2.79. The number of ether oxygens (including phenoxy) is 1. The van der Waals surface area contributed by atoms with Gasteiger partial charge in [-0.05, 0) is 50.8 Å². The lowest BCUT2D eigenvalue weighted by Gasteiger charge is -2.27. The second kappa shape index (κ2) is 7.46. The van der Waals surface area contributed by atoms with E-state index in [1.54, 1.807) is 0 Å². The van der Waals surface area contributed by atoms with Crippen LogP contribution in [0.1, 0.15) is 38.2 Å². The zero-order valence-corrected chi connectivity index (χ0v) is 13.0. The fraction of sp³-hybridized carbons (Fsp3) is 0.588. The first-order chi connectivity index (χ1) is 10.0. The molecule has 1 aliphatic rings. The summed E-state index contributed by atoms with van der Waals surface area (Å²) in [6, 6.07) is 8.10. The molecule has 1 saturated carbocycles. The lowest BCUT2D eigenvalue weighted by Crippen LogP contribution is -2.43. The molecule has 116 valence electrons. The van der Waals surface area contributed by atoms with Gasteiger partial charge in [0.05, 0.1) is 6.04 Å². The summed E-state index contributed by atoms with van der Waals surface area (Å²) in [5.41, 5.74) is 7.10. The maximum atomic E-state index is 12.2. The smallest absolute Gasteiger partial charge is 0.223 e. The lowest BCUT2D eigenvalue weighted by atomic mass is 9.85. The van der Waals surface area contributed by atoms with Crippen molar-refractivity contribution in [3.05, 3.63) is 29.8 Å². The SMILES string of the molecule is Cc1cccc(OCC(C)NC(=O)C2CCCC(N)C2)c1. The number of benzene rings is 1. The van der Waals surface area contributed by atoms with E-state index in [1.165, 1.54) is 5.56 Å². The Morgan fingerprint density at radius 3 is 3.00 bits per heavy atom. The fourth-order valence-corrected chi connectivity index (χ4v) is 2.79. The molecule has 21 heavy (non-hydrogen) atoms. The number of hydrogen-bond donors (Lipinski definition) is 2. The van der Waals surface area contributed by atoms with Crippen molar-refractivity contribution in [2.45, 2.75) is 51.6 Å². The second-order valence-corrected chi connectivity index (χ2v) is 6.16. The maximum absolute atomic E-state index is 12.2. The largest absolute Gasteiger partial charge is 0.491 e. The van der Waals surface area contributed by atoms with Crippen molar-refractivity contribution in [3.63, 3.8) is 0 Å². The number of aryl methyl sites for hydroxylation is 1. The molecule has 0 aromatic heterocycles. The number of hydrogen-bond acceptors (Lipinski definition) is 3. The Balaban J connectivity index is 1.76. The molecule has 0 bridgehead atoms. The van der Waals surface area contributed by atoms with Gasteiger partial charge in [0.15, 0.2) is 0 Å². The molecule has 1 aromatic carbocycles. The first-order valence-electron chi connectivity index (χ1n) is 7.80. The van der Waals surface area contributed by atoms with Crippen LogP contribution in [0.15, 0.2) is 24.3 Å². The van der Waals surface area contributed by atoms with Gasteiger partial charge in [-0.25, -0.2) is 0 Å². The quantitative estimate of drug-likeness (QED) is 0.875. The Bertz CT molecular complexity index is 476. The van der Waals surface area contributed by atoms with Gasteiger partial charge in [0, 0.05) is 12.0 Å². The van der Waals surface area contributed by atoms with Crippen molar-refractivity contribution in [2.24, 2.45) is 11.7 Å². The van der Waals surface area contributed by atoms with Gasteiger partial charge < -0.3 is 15.8 Å². The minimum absolute atomic E-state index is 0.00355. The molecule has 3 unspecified atom stereocenters. The molecule has 0 aliphatic heterocycles. The average molecular weight is 290 g/mol. The molecule has 0 heterocycles. The van der Waals surface area contributed by atoms with E-state index < -0.39 is 0 Å². The highest BCUT2D eigenvalue weighted by Gasteiger charge is 2.26. The van der Waals surface area contributed by atoms with Crippen LogP contribution in [0, 0.1) is 12.8 Å². The van der Waals surface area contributed by atoms with Crippen LogP contribution in [-0.4, -0.2) is 24.6 Å². The Labute approximate surface area is 127 Å². The molecule has 0 radical (unpaired) electrons. The molecule has 4 heteroatoms. The summed E-state index contributed by atoms with van der Waals surface area (Å²) in [6.45, 7) is 4.48. The average Bonchev–Trinajstić information content (AvgIpc) is 2.45. The van der Waals surface area contributed by atoms with E-state index in [1.807, 2.05) is 38.1 Å². The number of amides is 1. The summed E-state index contributed by atoms with van der Waals surface area (Å²) in [5.74, 6) is 1.02. The normalized spacial score (nSPS) is 23.4. The van der Waals surface area contributed by atoms with Crippen molar-refractivity contribution in [1.29, 1.82) is 0 Å². The highest BCUT2D eigenvalue weighted by Crippen LogP contribution is 2.23. The van der Waals surface area contributed by atoms with Crippen LogP contribution in [-0.2, 0) is 4.79 Å². The van der Waals surface area contributed by atoms with Crippen LogP contribution in [0.3, 0.4) is 0 Å². The summed E-state index contributed by atoms with van der Waals surface area (Å²) >= 11 is 0. The summed E-state index contributed by atoms with van der Waals surface area (Å²) < 4.78 is 5.72. The zero-order chi connectivity index (χ0) is 15.2. The van der Waals surface area contributed by atoms with Crippen LogP contribution < -0.4 is 15.8 Å². The standard InChI is InChI=1S/C17H26N2O2/c1-12-5-3-8-16(9-12)21-11-13(2)19-17(20)14-6-4-7-15(18)10-14/h3,5,8-9,13-15H,4,6-7,10-11,18H2,1-2H3,(H,19,20). The minimum atomic E-state index is -0.00355. The molecular formula is C17H26N2O2. The van der Waals surface area contributed by atoms with Crippen molar-refractivity contribution in [3.8, 4) is 5.75 Å². The van der Waals surface area contributed by atoms with Crippen LogP contribution in [0.5, 0.6) is 5.75 Å². The first-order valence-corrected chi connectivity index (χ1v) is 7.80. The van der Waals surface area contributed by atoms with Gasteiger partial charge >= 0.3 is 0 Å². The minimum Gasteiger partial charge on any atom is -0.491 e. The maximum Gasteiger partial charge on any atom is 0.223 e. The Morgan fingerprint density at radius 2 is 2.29 bits per heavy atom. The number of rotatable bonds is 5. The van der Waals surface area contributed by atoms with E-state index >= 15 is 0 Å². The highest BCUT2D eigenvalue weighted by atomic mass is 16.5. The van der Waals surface area contributed by atoms with Crippen LogP contribution in [0.2, 0.25) is 0 Å². The molecule has 3 N–H and O–H groups in total. The van der Waals surface area contributed by atoms with Crippen molar-refractivity contribution < 1.29 is 9.53 Å². The molecule has 1 amide bonds. The van der Waals surface area contributed by atoms with Gasteiger partial charge in [-0.1, -0.05) is 18.6 Å². The molecule has 3 atom stereocenters. The third-order valence-electron chi connectivity index (χ3n) is 3.96. The van der Waals surface area contributed by atoms with E-state index in [0.717, 1.165) is 31.4 Å². The monoisotopic (exact) mass is 290 g/mol. The Kier molecular flexibility index (Phi) is 5.62. The van der Waals surface area contributed by atoms with Crippen molar-refractivity contribution in [2.75, 3.05) is 6.61 Å². The van der Waals surface area contributed by atoms with Crippen molar-refractivity contribution in [1.82, 2.24) is 5.32 Å². The summed E-state index contributed by atoms with van der Waals surface area (Å²) in [7, 11) is 0. The highest BCUT2D eigenvalue weighted by molar-refractivity contribution is 5.79. The van der Waals surface area contributed by atoms with Gasteiger partial charge in [0.25, 0.3) is 0 Å².